The van der Waals surface area contributed by atoms with Gasteiger partial charge in [0.1, 0.15) is 0 Å². The first kappa shape index (κ1) is 12.7. The van der Waals surface area contributed by atoms with E-state index in [0.29, 0.717) is 6.42 Å². The van der Waals surface area contributed by atoms with Gasteiger partial charge in [0.05, 0.1) is 0 Å². The van der Waals surface area contributed by atoms with Gasteiger partial charge in [0, 0.05) is 29.1 Å². The molecule has 0 radical (unpaired) electrons. The zero-order valence-electron chi connectivity index (χ0n) is 11.5. The Labute approximate surface area is 118 Å². The van der Waals surface area contributed by atoms with Crippen LogP contribution in [0.4, 0.5) is 0 Å². The van der Waals surface area contributed by atoms with Crippen LogP contribution in [0, 0.1) is 6.92 Å². The number of benzene rings is 2. The average Bonchev–Trinajstić information content (AvgIpc) is 2.90. The van der Waals surface area contributed by atoms with Gasteiger partial charge in [-0.1, -0.05) is 42.5 Å². The molecule has 0 atom stereocenters. The Balaban J connectivity index is 1.79. The fraction of sp³-hybridized carbons (Fsp3) is 0.167. The van der Waals surface area contributed by atoms with Gasteiger partial charge in [-0.25, -0.2) is 0 Å². The number of aromatic nitrogens is 1. The second-order valence-electron chi connectivity index (χ2n) is 5.10. The Kier molecular flexibility index (Phi) is 3.38. The third-order valence-electron chi connectivity index (χ3n) is 3.77. The molecule has 0 aliphatic rings. The maximum Gasteiger partial charge on any atom is 0.165 e. The Bertz CT molecular complexity index is 755. The van der Waals surface area contributed by atoms with Gasteiger partial charge in [0.25, 0.3) is 0 Å². The zero-order valence-corrected chi connectivity index (χ0v) is 11.5. The topological polar surface area (TPSA) is 32.9 Å². The predicted molar refractivity (Wildman–Crippen MR) is 82.1 cm³/mol. The summed E-state index contributed by atoms with van der Waals surface area (Å²) in [7, 11) is 0. The SMILES string of the molecule is Cc1ccccc1CCC(=O)c1c[nH]c2ccccc12. The number of hydrogen-bond donors (Lipinski definition) is 1. The number of carbonyl (C=O) groups excluding carboxylic acids is 1. The van der Waals surface area contributed by atoms with Crippen molar-refractivity contribution < 1.29 is 4.79 Å². The van der Waals surface area contributed by atoms with Crippen molar-refractivity contribution in [3.63, 3.8) is 0 Å². The van der Waals surface area contributed by atoms with Crippen molar-refractivity contribution in [2.75, 3.05) is 0 Å². The van der Waals surface area contributed by atoms with E-state index in [2.05, 4.69) is 24.0 Å². The monoisotopic (exact) mass is 263 g/mol. The summed E-state index contributed by atoms with van der Waals surface area (Å²) in [5.74, 6) is 0.200. The molecule has 1 N–H and O–H groups in total. The van der Waals surface area contributed by atoms with Gasteiger partial charge in [0.2, 0.25) is 0 Å². The van der Waals surface area contributed by atoms with Gasteiger partial charge in [-0.2, -0.15) is 0 Å². The molecular weight excluding hydrogens is 246 g/mol. The van der Waals surface area contributed by atoms with E-state index in [1.807, 2.05) is 42.6 Å². The van der Waals surface area contributed by atoms with Crippen molar-refractivity contribution in [3.05, 3.63) is 71.4 Å². The first-order valence-electron chi connectivity index (χ1n) is 6.89. The zero-order chi connectivity index (χ0) is 13.9. The number of H-pyrrole nitrogens is 1. The van der Waals surface area contributed by atoms with E-state index in [0.717, 1.165) is 22.9 Å². The fourth-order valence-corrected chi connectivity index (χ4v) is 2.58. The van der Waals surface area contributed by atoms with Crippen LogP contribution in [0.2, 0.25) is 0 Å². The molecule has 0 saturated carbocycles. The number of ketones is 1. The van der Waals surface area contributed by atoms with Crippen LogP contribution in [0.1, 0.15) is 27.9 Å². The van der Waals surface area contributed by atoms with E-state index in [1.54, 1.807) is 0 Å². The fourth-order valence-electron chi connectivity index (χ4n) is 2.58. The van der Waals surface area contributed by atoms with Crippen LogP contribution in [0.5, 0.6) is 0 Å². The number of aryl methyl sites for hydroxylation is 2. The third-order valence-corrected chi connectivity index (χ3v) is 3.77. The van der Waals surface area contributed by atoms with Gasteiger partial charge in [0.15, 0.2) is 5.78 Å². The van der Waals surface area contributed by atoms with Gasteiger partial charge < -0.3 is 4.98 Å². The molecule has 3 aromatic rings. The quantitative estimate of drug-likeness (QED) is 0.700. The normalized spacial score (nSPS) is 10.8. The van der Waals surface area contributed by atoms with Gasteiger partial charge in [-0.15, -0.1) is 0 Å². The summed E-state index contributed by atoms with van der Waals surface area (Å²) in [5, 5.41) is 1.02. The van der Waals surface area contributed by atoms with E-state index >= 15 is 0 Å². The highest BCUT2D eigenvalue weighted by molar-refractivity contribution is 6.07. The Morgan fingerprint density at radius 1 is 1.05 bits per heavy atom. The lowest BCUT2D eigenvalue weighted by atomic mass is 9.99. The molecular formula is C18H17NO. The standard InChI is InChI=1S/C18H17NO/c1-13-6-2-3-7-14(13)10-11-18(20)16-12-19-17-9-5-4-8-15(16)17/h2-9,12,19H,10-11H2,1H3. The summed E-state index contributed by atoms with van der Waals surface area (Å²) in [6.07, 6.45) is 3.17. The molecule has 2 heteroatoms. The molecule has 1 aromatic heterocycles. The van der Waals surface area contributed by atoms with Crippen LogP contribution in [0.3, 0.4) is 0 Å². The first-order chi connectivity index (χ1) is 9.75. The van der Waals surface area contributed by atoms with Gasteiger partial charge >= 0.3 is 0 Å². The second kappa shape index (κ2) is 5.33. The number of aromatic amines is 1. The highest BCUT2D eigenvalue weighted by Gasteiger charge is 2.11. The van der Waals surface area contributed by atoms with Crippen molar-refractivity contribution in [3.8, 4) is 0 Å². The molecule has 0 bridgehead atoms. The highest BCUT2D eigenvalue weighted by atomic mass is 16.1. The molecule has 3 rings (SSSR count). The molecule has 0 unspecified atom stereocenters. The lowest BCUT2D eigenvalue weighted by molar-refractivity contribution is 0.0984. The summed E-state index contributed by atoms with van der Waals surface area (Å²) in [4.78, 5) is 15.5. The molecule has 0 aliphatic heterocycles. The molecule has 0 spiro atoms. The average molecular weight is 263 g/mol. The van der Waals surface area contributed by atoms with Crippen molar-refractivity contribution in [1.82, 2.24) is 4.98 Å². The van der Waals surface area contributed by atoms with Crippen LogP contribution in [-0.4, -0.2) is 10.8 Å². The van der Waals surface area contributed by atoms with Crippen LogP contribution in [-0.2, 0) is 6.42 Å². The lowest BCUT2D eigenvalue weighted by Crippen LogP contribution is -2.01. The number of nitrogens with one attached hydrogen (secondary N) is 1. The largest absolute Gasteiger partial charge is 0.360 e. The highest BCUT2D eigenvalue weighted by Crippen LogP contribution is 2.20. The molecule has 1 heterocycles. The summed E-state index contributed by atoms with van der Waals surface area (Å²) >= 11 is 0. The summed E-state index contributed by atoms with van der Waals surface area (Å²) in [6.45, 7) is 2.09. The van der Waals surface area contributed by atoms with Gasteiger partial charge in [-0.05, 0) is 30.5 Å². The minimum absolute atomic E-state index is 0.200. The van der Waals surface area contributed by atoms with Crippen molar-refractivity contribution in [1.29, 1.82) is 0 Å². The van der Waals surface area contributed by atoms with Crippen LogP contribution >= 0.6 is 0 Å². The molecule has 100 valence electrons. The predicted octanol–water partition coefficient (Wildman–Crippen LogP) is 4.29. The number of carbonyl (C=O) groups is 1. The molecule has 2 aromatic carbocycles. The minimum atomic E-state index is 0.200. The molecule has 20 heavy (non-hydrogen) atoms. The lowest BCUT2D eigenvalue weighted by Gasteiger charge is -2.04. The number of fused-ring (bicyclic) bond motifs is 1. The Morgan fingerprint density at radius 3 is 2.65 bits per heavy atom. The maximum atomic E-state index is 12.4. The second-order valence-corrected chi connectivity index (χ2v) is 5.10. The van der Waals surface area contributed by atoms with Crippen LogP contribution in [0.25, 0.3) is 10.9 Å². The van der Waals surface area contributed by atoms with Crippen LogP contribution < -0.4 is 0 Å². The maximum absolute atomic E-state index is 12.4. The Hall–Kier alpha value is -2.35. The molecule has 0 aliphatic carbocycles. The smallest absolute Gasteiger partial charge is 0.165 e. The van der Waals surface area contributed by atoms with E-state index in [-0.39, 0.29) is 5.78 Å². The van der Waals surface area contributed by atoms with Gasteiger partial charge in [-0.3, -0.25) is 4.79 Å². The first-order valence-corrected chi connectivity index (χ1v) is 6.89. The van der Waals surface area contributed by atoms with Crippen molar-refractivity contribution in [2.45, 2.75) is 19.8 Å². The summed E-state index contributed by atoms with van der Waals surface area (Å²) in [5.41, 5.74) is 4.32. The Morgan fingerprint density at radius 2 is 1.80 bits per heavy atom. The molecule has 0 fully saturated rings. The third kappa shape index (κ3) is 2.37. The van der Waals surface area contributed by atoms with Crippen LogP contribution in [0.15, 0.2) is 54.7 Å². The van der Waals surface area contributed by atoms with E-state index < -0.39 is 0 Å². The van der Waals surface area contributed by atoms with E-state index in [1.165, 1.54) is 11.1 Å². The van der Waals surface area contributed by atoms with E-state index in [9.17, 15) is 4.79 Å². The number of para-hydroxylation sites is 1. The summed E-state index contributed by atoms with van der Waals surface area (Å²) < 4.78 is 0. The van der Waals surface area contributed by atoms with Crippen molar-refractivity contribution in [2.24, 2.45) is 0 Å². The summed E-state index contributed by atoms with van der Waals surface area (Å²) in [6, 6.07) is 16.2. The number of rotatable bonds is 4. The number of hydrogen-bond acceptors (Lipinski definition) is 1. The molecule has 0 amide bonds. The van der Waals surface area contributed by atoms with E-state index in [4.69, 9.17) is 0 Å². The minimum Gasteiger partial charge on any atom is -0.360 e. The molecule has 0 saturated heterocycles. The number of Topliss-reactive ketones (excluding diaryl/α,β-unsaturated/α-hetero) is 1. The molecule has 2 nitrogen and oxygen atoms in total. The van der Waals surface area contributed by atoms with Crippen molar-refractivity contribution >= 4 is 16.7 Å².